The number of methoxy groups -OCH3 is 1. The maximum Gasteiger partial charge on any atom is 0.180 e. The summed E-state index contributed by atoms with van der Waals surface area (Å²) in [5, 5.41) is 3.90. The maximum atomic E-state index is 5.99. The Morgan fingerprint density at radius 1 is 1.24 bits per heavy atom. The Morgan fingerprint density at radius 3 is 2.86 bits per heavy atom. The minimum absolute atomic E-state index is 0.356. The van der Waals surface area contributed by atoms with Crippen molar-refractivity contribution < 1.29 is 9.26 Å². The molecule has 0 bridgehead atoms. The van der Waals surface area contributed by atoms with Crippen LogP contribution in [0.5, 0.6) is 5.75 Å². The van der Waals surface area contributed by atoms with Gasteiger partial charge in [0, 0.05) is 6.20 Å². The number of nitrogens with two attached hydrogens (primary N) is 1. The zero-order chi connectivity index (χ0) is 14.8. The highest BCUT2D eigenvalue weighted by Gasteiger charge is 2.20. The van der Waals surface area contributed by atoms with E-state index in [1.807, 2.05) is 37.3 Å². The van der Waals surface area contributed by atoms with E-state index in [1.54, 1.807) is 19.5 Å². The maximum absolute atomic E-state index is 5.99. The summed E-state index contributed by atoms with van der Waals surface area (Å²) in [5.74, 6) is 1.55. The number of hydrogen-bond donors (Lipinski definition) is 1. The Hall–Kier alpha value is -2.82. The second-order valence-electron chi connectivity index (χ2n) is 4.72. The first-order valence-electron chi connectivity index (χ1n) is 6.51. The van der Waals surface area contributed by atoms with Gasteiger partial charge in [0.2, 0.25) is 0 Å². The van der Waals surface area contributed by atoms with Gasteiger partial charge in [0.1, 0.15) is 5.75 Å². The van der Waals surface area contributed by atoms with E-state index in [0.29, 0.717) is 17.3 Å². The van der Waals surface area contributed by atoms with Gasteiger partial charge in [0.05, 0.1) is 24.4 Å². The predicted octanol–water partition coefficient (Wildman–Crippen LogP) is 3.30. The molecule has 3 rings (SSSR count). The van der Waals surface area contributed by atoms with Crippen molar-refractivity contribution >= 4 is 5.82 Å². The highest BCUT2D eigenvalue weighted by molar-refractivity contribution is 5.88. The highest BCUT2D eigenvalue weighted by Crippen LogP contribution is 2.40. The average molecular weight is 281 g/mol. The Labute approximate surface area is 122 Å². The van der Waals surface area contributed by atoms with E-state index in [2.05, 4.69) is 10.1 Å². The van der Waals surface area contributed by atoms with Crippen LogP contribution < -0.4 is 10.5 Å². The number of benzene rings is 1. The van der Waals surface area contributed by atoms with Crippen LogP contribution in [0.1, 0.15) is 5.56 Å². The molecule has 0 saturated carbocycles. The van der Waals surface area contributed by atoms with Gasteiger partial charge in [-0.05, 0) is 18.6 Å². The third kappa shape index (κ3) is 2.33. The molecule has 1 aromatic carbocycles. The van der Waals surface area contributed by atoms with Gasteiger partial charge in [0.25, 0.3) is 0 Å². The van der Waals surface area contributed by atoms with E-state index in [1.165, 1.54) is 0 Å². The molecule has 0 amide bonds. The molecule has 3 aromatic rings. The lowest BCUT2D eigenvalue weighted by Crippen LogP contribution is -1.91. The van der Waals surface area contributed by atoms with Crippen LogP contribution in [0.2, 0.25) is 0 Å². The van der Waals surface area contributed by atoms with Crippen LogP contribution >= 0.6 is 0 Å². The fourth-order valence-electron chi connectivity index (χ4n) is 2.30. The number of aromatic nitrogens is 2. The highest BCUT2D eigenvalue weighted by atomic mass is 16.5. The zero-order valence-electron chi connectivity index (χ0n) is 11.8. The molecular weight excluding hydrogens is 266 g/mol. The van der Waals surface area contributed by atoms with Crippen molar-refractivity contribution in [3.05, 3.63) is 48.3 Å². The fraction of sp³-hybridized carbons (Fsp3) is 0.125. The van der Waals surface area contributed by atoms with E-state index >= 15 is 0 Å². The first kappa shape index (κ1) is 13.2. The number of ether oxygens (including phenoxy) is 1. The van der Waals surface area contributed by atoms with Crippen LogP contribution in [-0.2, 0) is 0 Å². The fourth-order valence-corrected chi connectivity index (χ4v) is 2.30. The van der Waals surface area contributed by atoms with E-state index in [4.69, 9.17) is 15.0 Å². The first-order valence-corrected chi connectivity index (χ1v) is 6.51. The van der Waals surface area contributed by atoms with E-state index in [9.17, 15) is 0 Å². The molecule has 2 N–H and O–H groups in total. The van der Waals surface area contributed by atoms with Crippen molar-refractivity contribution in [3.8, 4) is 28.2 Å². The summed E-state index contributed by atoms with van der Waals surface area (Å²) in [4.78, 5) is 4.05. The van der Waals surface area contributed by atoms with Gasteiger partial charge in [-0.15, -0.1) is 0 Å². The predicted molar refractivity (Wildman–Crippen MR) is 80.9 cm³/mol. The monoisotopic (exact) mass is 281 g/mol. The molecule has 2 aromatic heterocycles. The Balaban J connectivity index is 2.22. The zero-order valence-corrected chi connectivity index (χ0v) is 11.8. The summed E-state index contributed by atoms with van der Waals surface area (Å²) >= 11 is 0. The molecule has 0 fully saturated rings. The van der Waals surface area contributed by atoms with Gasteiger partial charge < -0.3 is 15.0 Å². The van der Waals surface area contributed by atoms with Crippen LogP contribution in [0, 0.1) is 6.92 Å². The third-order valence-electron chi connectivity index (χ3n) is 3.27. The van der Waals surface area contributed by atoms with Gasteiger partial charge in [-0.2, -0.15) is 0 Å². The molecule has 2 heterocycles. The molecule has 0 saturated heterocycles. The van der Waals surface area contributed by atoms with Crippen molar-refractivity contribution in [3.63, 3.8) is 0 Å². The van der Waals surface area contributed by atoms with Crippen LogP contribution in [0.25, 0.3) is 22.5 Å². The molecule has 5 heteroatoms. The lowest BCUT2D eigenvalue weighted by atomic mass is 10.0. The number of anilines is 1. The molecule has 0 spiro atoms. The lowest BCUT2D eigenvalue weighted by Gasteiger charge is -2.07. The molecule has 0 aliphatic heterocycles. The van der Waals surface area contributed by atoms with Gasteiger partial charge in [0.15, 0.2) is 11.6 Å². The largest absolute Gasteiger partial charge is 0.494 e. The molecular formula is C16H15N3O2. The summed E-state index contributed by atoms with van der Waals surface area (Å²) in [6, 6.07) is 9.84. The van der Waals surface area contributed by atoms with Crippen LogP contribution in [-0.4, -0.2) is 17.3 Å². The number of nitrogens with zero attached hydrogens (tertiary/aromatic N) is 2. The quantitative estimate of drug-likeness (QED) is 0.797. The summed E-state index contributed by atoms with van der Waals surface area (Å²) in [5.41, 5.74) is 9.63. The van der Waals surface area contributed by atoms with Gasteiger partial charge in [-0.3, -0.25) is 4.98 Å². The summed E-state index contributed by atoms with van der Waals surface area (Å²) in [7, 11) is 1.59. The van der Waals surface area contributed by atoms with Gasteiger partial charge in [-0.1, -0.05) is 35.0 Å². The van der Waals surface area contributed by atoms with E-state index in [0.717, 1.165) is 22.3 Å². The normalized spacial score (nSPS) is 10.6. The van der Waals surface area contributed by atoms with Crippen LogP contribution in [0.3, 0.4) is 0 Å². The summed E-state index contributed by atoms with van der Waals surface area (Å²) < 4.78 is 10.8. The van der Waals surface area contributed by atoms with E-state index < -0.39 is 0 Å². The van der Waals surface area contributed by atoms with Crippen molar-refractivity contribution in [2.24, 2.45) is 0 Å². The first-order chi connectivity index (χ1) is 10.2. The molecule has 0 atom stereocenters. The Bertz CT molecular complexity index is 781. The van der Waals surface area contributed by atoms with Gasteiger partial charge in [-0.25, -0.2) is 0 Å². The molecule has 21 heavy (non-hydrogen) atoms. The molecule has 0 radical (unpaired) electrons. The summed E-state index contributed by atoms with van der Waals surface area (Å²) in [6.45, 7) is 2.03. The van der Waals surface area contributed by atoms with Crippen molar-refractivity contribution in [2.75, 3.05) is 12.8 Å². The number of pyridine rings is 1. The Kier molecular flexibility index (Phi) is 3.31. The van der Waals surface area contributed by atoms with Crippen LogP contribution in [0.4, 0.5) is 5.82 Å². The standard InChI is InChI=1S/C16H15N3O2/c1-10-4-3-5-11(8-10)14-15(21-19-16(14)17)12-6-7-18-9-13(12)20-2/h3-9H,1-2H3,(H2,17,19). The molecule has 0 aliphatic carbocycles. The van der Waals surface area contributed by atoms with Crippen molar-refractivity contribution in [2.45, 2.75) is 6.92 Å². The average Bonchev–Trinajstić information content (AvgIpc) is 2.88. The van der Waals surface area contributed by atoms with E-state index in [-0.39, 0.29) is 0 Å². The third-order valence-corrected chi connectivity index (χ3v) is 3.27. The minimum atomic E-state index is 0.356. The van der Waals surface area contributed by atoms with Crippen molar-refractivity contribution in [1.82, 2.24) is 10.1 Å². The van der Waals surface area contributed by atoms with Crippen LogP contribution in [0.15, 0.2) is 47.2 Å². The van der Waals surface area contributed by atoms with Gasteiger partial charge >= 0.3 is 0 Å². The topological polar surface area (TPSA) is 74.2 Å². The summed E-state index contributed by atoms with van der Waals surface area (Å²) in [6.07, 6.45) is 3.31. The van der Waals surface area contributed by atoms with Crippen molar-refractivity contribution in [1.29, 1.82) is 0 Å². The lowest BCUT2D eigenvalue weighted by molar-refractivity contribution is 0.405. The molecule has 0 unspecified atom stereocenters. The molecule has 5 nitrogen and oxygen atoms in total. The molecule has 0 aliphatic rings. The second kappa shape index (κ2) is 5.28. The number of rotatable bonds is 3. The molecule has 106 valence electrons. The number of aryl methyl sites for hydroxylation is 1. The second-order valence-corrected chi connectivity index (χ2v) is 4.72. The SMILES string of the molecule is COc1cnccc1-c1onc(N)c1-c1cccc(C)c1. The smallest absolute Gasteiger partial charge is 0.180 e. The number of nitrogen functional groups attached to an aromatic ring is 1. The Morgan fingerprint density at radius 2 is 2.10 bits per heavy atom. The number of hydrogen-bond acceptors (Lipinski definition) is 5. The minimum Gasteiger partial charge on any atom is -0.494 e.